The standard InChI is InChI=1S/C16H22N4O2/c1-3-9-19-14-12(15(21)20(10-4-2)16(19)22)17-13(18-14)11-7-5-6-8-11/h5-6,11H,3-4,7-10H2,1-2H3,(H,17,18). The minimum absolute atomic E-state index is 0.246. The van der Waals surface area contributed by atoms with E-state index in [1.807, 2.05) is 13.8 Å². The summed E-state index contributed by atoms with van der Waals surface area (Å²) in [6, 6.07) is 0. The summed E-state index contributed by atoms with van der Waals surface area (Å²) in [4.78, 5) is 32.9. The number of imidazole rings is 1. The van der Waals surface area contributed by atoms with Gasteiger partial charge in [-0.25, -0.2) is 9.78 Å². The van der Waals surface area contributed by atoms with Gasteiger partial charge < -0.3 is 4.98 Å². The number of aryl methyl sites for hydroxylation is 1. The highest BCUT2D eigenvalue weighted by molar-refractivity contribution is 5.70. The van der Waals surface area contributed by atoms with Gasteiger partial charge in [-0.1, -0.05) is 26.0 Å². The fraction of sp³-hybridized carbons (Fsp3) is 0.562. The first-order valence-electron chi connectivity index (χ1n) is 8.05. The number of rotatable bonds is 5. The van der Waals surface area contributed by atoms with E-state index in [4.69, 9.17) is 0 Å². The lowest BCUT2D eigenvalue weighted by Crippen LogP contribution is -2.40. The molecule has 0 spiro atoms. The van der Waals surface area contributed by atoms with Gasteiger partial charge in [0.15, 0.2) is 5.65 Å². The molecular weight excluding hydrogens is 280 g/mol. The SMILES string of the molecule is CCCn1c(=O)c2[nH]c(C3CC=CC3)nc2n(CCC)c1=O. The van der Waals surface area contributed by atoms with E-state index in [-0.39, 0.29) is 17.2 Å². The number of hydrogen-bond donors (Lipinski definition) is 1. The minimum Gasteiger partial charge on any atom is -0.336 e. The van der Waals surface area contributed by atoms with Gasteiger partial charge in [-0.05, 0) is 25.7 Å². The van der Waals surface area contributed by atoms with Crippen molar-refractivity contribution in [2.24, 2.45) is 0 Å². The maximum absolute atomic E-state index is 12.6. The van der Waals surface area contributed by atoms with E-state index in [2.05, 4.69) is 22.1 Å². The van der Waals surface area contributed by atoms with Crippen LogP contribution in [0.1, 0.15) is 51.3 Å². The van der Waals surface area contributed by atoms with Gasteiger partial charge in [-0.2, -0.15) is 0 Å². The van der Waals surface area contributed by atoms with Crippen LogP contribution in [-0.2, 0) is 13.1 Å². The zero-order valence-electron chi connectivity index (χ0n) is 13.1. The molecule has 6 nitrogen and oxygen atoms in total. The Hall–Kier alpha value is -2.11. The molecule has 0 radical (unpaired) electrons. The summed E-state index contributed by atoms with van der Waals surface area (Å²) in [7, 11) is 0. The minimum atomic E-state index is -0.251. The number of hydrogen-bond acceptors (Lipinski definition) is 3. The highest BCUT2D eigenvalue weighted by atomic mass is 16.2. The summed E-state index contributed by atoms with van der Waals surface area (Å²) in [6.45, 7) is 4.99. The summed E-state index contributed by atoms with van der Waals surface area (Å²) in [5.74, 6) is 1.10. The molecule has 6 heteroatoms. The fourth-order valence-corrected chi connectivity index (χ4v) is 3.06. The van der Waals surface area contributed by atoms with Crippen LogP contribution >= 0.6 is 0 Å². The molecule has 2 heterocycles. The molecular formula is C16H22N4O2. The number of nitrogens with one attached hydrogen (secondary N) is 1. The molecule has 1 N–H and O–H groups in total. The first-order valence-corrected chi connectivity index (χ1v) is 8.05. The molecule has 0 aromatic carbocycles. The summed E-state index contributed by atoms with van der Waals surface area (Å²) >= 11 is 0. The molecule has 0 amide bonds. The van der Waals surface area contributed by atoms with E-state index in [9.17, 15) is 9.59 Å². The van der Waals surface area contributed by atoms with E-state index >= 15 is 0 Å². The largest absolute Gasteiger partial charge is 0.336 e. The highest BCUT2D eigenvalue weighted by Gasteiger charge is 2.21. The van der Waals surface area contributed by atoms with Gasteiger partial charge in [0.25, 0.3) is 5.56 Å². The van der Waals surface area contributed by atoms with Gasteiger partial charge in [0.1, 0.15) is 11.3 Å². The van der Waals surface area contributed by atoms with Gasteiger partial charge in [-0.3, -0.25) is 13.9 Å². The van der Waals surface area contributed by atoms with Crippen LogP contribution in [0, 0.1) is 0 Å². The Bertz CT molecular complexity index is 817. The van der Waals surface area contributed by atoms with Gasteiger partial charge >= 0.3 is 5.69 Å². The Balaban J connectivity index is 2.23. The lowest BCUT2D eigenvalue weighted by Gasteiger charge is -2.09. The molecule has 0 fully saturated rings. The second kappa shape index (κ2) is 5.94. The van der Waals surface area contributed by atoms with Crippen molar-refractivity contribution >= 4 is 11.2 Å². The molecule has 22 heavy (non-hydrogen) atoms. The Morgan fingerprint density at radius 3 is 2.41 bits per heavy atom. The van der Waals surface area contributed by atoms with Crippen LogP contribution in [0.15, 0.2) is 21.7 Å². The van der Waals surface area contributed by atoms with Crippen molar-refractivity contribution in [1.82, 2.24) is 19.1 Å². The third-order valence-electron chi connectivity index (χ3n) is 4.17. The lowest BCUT2D eigenvalue weighted by molar-refractivity contribution is 0.555. The predicted molar refractivity (Wildman–Crippen MR) is 86.3 cm³/mol. The van der Waals surface area contributed by atoms with Crippen molar-refractivity contribution in [1.29, 1.82) is 0 Å². The quantitative estimate of drug-likeness (QED) is 0.860. The maximum atomic E-state index is 12.6. The van der Waals surface area contributed by atoms with Crippen molar-refractivity contribution in [2.75, 3.05) is 0 Å². The van der Waals surface area contributed by atoms with E-state index in [1.165, 1.54) is 4.57 Å². The molecule has 0 atom stereocenters. The van der Waals surface area contributed by atoms with Crippen LogP contribution in [0.3, 0.4) is 0 Å². The number of aromatic nitrogens is 4. The maximum Gasteiger partial charge on any atom is 0.332 e. The molecule has 1 aliphatic rings. The van der Waals surface area contributed by atoms with E-state index < -0.39 is 0 Å². The highest BCUT2D eigenvalue weighted by Crippen LogP contribution is 2.27. The first kappa shape index (κ1) is 14.8. The number of H-pyrrole nitrogens is 1. The van der Waals surface area contributed by atoms with Crippen molar-refractivity contribution in [3.8, 4) is 0 Å². The second-order valence-electron chi connectivity index (χ2n) is 5.85. The summed E-state index contributed by atoms with van der Waals surface area (Å²) in [5.41, 5.74) is 0.470. The van der Waals surface area contributed by atoms with Crippen molar-refractivity contribution < 1.29 is 0 Å². The van der Waals surface area contributed by atoms with Crippen molar-refractivity contribution in [3.63, 3.8) is 0 Å². The Labute approximate surface area is 128 Å². The first-order chi connectivity index (χ1) is 10.7. The zero-order chi connectivity index (χ0) is 15.7. The molecule has 0 saturated carbocycles. The van der Waals surface area contributed by atoms with Crippen LogP contribution in [0.4, 0.5) is 0 Å². The van der Waals surface area contributed by atoms with Gasteiger partial charge in [0, 0.05) is 19.0 Å². The summed E-state index contributed by atoms with van der Waals surface area (Å²) in [5, 5.41) is 0. The monoisotopic (exact) mass is 302 g/mol. The van der Waals surface area contributed by atoms with Crippen LogP contribution in [0.25, 0.3) is 11.2 Å². The predicted octanol–water partition coefficient (Wildman–Crippen LogP) is 2.14. The van der Waals surface area contributed by atoms with Crippen LogP contribution in [0.2, 0.25) is 0 Å². The number of aromatic amines is 1. The molecule has 0 aliphatic heterocycles. The van der Waals surface area contributed by atoms with Crippen LogP contribution < -0.4 is 11.2 Å². The van der Waals surface area contributed by atoms with Crippen LogP contribution in [0.5, 0.6) is 0 Å². The topological polar surface area (TPSA) is 72.7 Å². The molecule has 2 aromatic heterocycles. The van der Waals surface area contributed by atoms with Crippen molar-refractivity contribution in [3.05, 3.63) is 38.8 Å². The Morgan fingerprint density at radius 2 is 1.77 bits per heavy atom. The van der Waals surface area contributed by atoms with Gasteiger partial charge in [-0.15, -0.1) is 0 Å². The molecule has 0 unspecified atom stereocenters. The summed E-state index contributed by atoms with van der Waals surface area (Å²) < 4.78 is 2.96. The average molecular weight is 302 g/mol. The lowest BCUT2D eigenvalue weighted by atomic mass is 10.1. The number of fused-ring (bicyclic) bond motifs is 1. The molecule has 0 saturated heterocycles. The summed E-state index contributed by atoms with van der Waals surface area (Å²) in [6.07, 6.45) is 7.70. The molecule has 3 rings (SSSR count). The molecule has 1 aliphatic carbocycles. The van der Waals surface area contributed by atoms with E-state index in [1.54, 1.807) is 4.57 Å². The molecule has 118 valence electrons. The second-order valence-corrected chi connectivity index (χ2v) is 5.85. The Morgan fingerprint density at radius 1 is 1.14 bits per heavy atom. The molecule has 0 bridgehead atoms. The fourth-order valence-electron chi connectivity index (χ4n) is 3.06. The Kier molecular flexibility index (Phi) is 4.00. The average Bonchev–Trinajstić information content (AvgIpc) is 3.16. The number of allylic oxidation sites excluding steroid dienone is 2. The third kappa shape index (κ3) is 2.32. The van der Waals surface area contributed by atoms with Crippen LogP contribution in [-0.4, -0.2) is 19.1 Å². The van der Waals surface area contributed by atoms with E-state index in [0.29, 0.717) is 24.3 Å². The zero-order valence-corrected chi connectivity index (χ0v) is 13.1. The third-order valence-corrected chi connectivity index (χ3v) is 4.17. The van der Waals surface area contributed by atoms with E-state index in [0.717, 1.165) is 31.5 Å². The normalized spacial score (nSPS) is 15.2. The molecule has 2 aromatic rings. The smallest absolute Gasteiger partial charge is 0.332 e. The van der Waals surface area contributed by atoms with Crippen molar-refractivity contribution in [2.45, 2.75) is 58.5 Å². The number of nitrogens with zero attached hydrogens (tertiary/aromatic N) is 3. The van der Waals surface area contributed by atoms with Gasteiger partial charge in [0.05, 0.1) is 0 Å². The van der Waals surface area contributed by atoms with Gasteiger partial charge in [0.2, 0.25) is 0 Å².